The van der Waals surface area contributed by atoms with Gasteiger partial charge < -0.3 is 10.2 Å². The van der Waals surface area contributed by atoms with E-state index in [-0.39, 0.29) is 5.63 Å². The van der Waals surface area contributed by atoms with Crippen LogP contribution in [0.25, 0.3) is 11.0 Å². The van der Waals surface area contributed by atoms with E-state index in [1.54, 1.807) is 6.07 Å². The molecule has 0 radical (unpaired) electrons. The van der Waals surface area contributed by atoms with Crippen LogP contribution in [-0.4, -0.2) is 0 Å². The van der Waals surface area contributed by atoms with Crippen LogP contribution in [-0.2, 0) is 0 Å². The Hall–Kier alpha value is -1.77. The molecule has 3 heteroatoms. The van der Waals surface area contributed by atoms with E-state index in [0.717, 1.165) is 22.2 Å². The highest BCUT2D eigenvalue weighted by atomic mass is 16.4. The Kier molecular flexibility index (Phi) is 1.81. The first-order valence-corrected chi connectivity index (χ1v) is 4.38. The van der Waals surface area contributed by atoms with Crippen molar-refractivity contribution in [1.82, 2.24) is 0 Å². The second kappa shape index (κ2) is 2.87. The van der Waals surface area contributed by atoms with E-state index in [0.29, 0.717) is 5.58 Å². The Morgan fingerprint density at radius 3 is 2.57 bits per heavy atom. The molecule has 14 heavy (non-hydrogen) atoms. The van der Waals surface area contributed by atoms with Crippen LogP contribution in [0.3, 0.4) is 0 Å². The molecule has 0 saturated carbocycles. The molecule has 0 aliphatic carbocycles. The number of nitrogens with two attached hydrogens (primary N) is 1. The minimum Gasteiger partial charge on any atom is -0.423 e. The average molecular weight is 189 g/mol. The van der Waals surface area contributed by atoms with Crippen molar-refractivity contribution < 1.29 is 4.42 Å². The van der Waals surface area contributed by atoms with Gasteiger partial charge in [-0.1, -0.05) is 0 Å². The molecule has 0 amide bonds. The van der Waals surface area contributed by atoms with Crippen LogP contribution >= 0.6 is 0 Å². The summed E-state index contributed by atoms with van der Waals surface area (Å²) in [7, 11) is 0. The fourth-order valence-electron chi connectivity index (χ4n) is 1.48. The summed E-state index contributed by atoms with van der Waals surface area (Å²) in [5, 5.41) is 0.896. The maximum absolute atomic E-state index is 11.1. The van der Waals surface area contributed by atoms with Crippen LogP contribution in [0.2, 0.25) is 0 Å². The molecule has 2 rings (SSSR count). The lowest BCUT2D eigenvalue weighted by molar-refractivity contribution is 0.559. The molecule has 0 fully saturated rings. The normalized spacial score (nSPS) is 10.7. The predicted octanol–water partition coefficient (Wildman–Crippen LogP) is 1.99. The average Bonchev–Trinajstić information content (AvgIpc) is 2.08. The first-order valence-electron chi connectivity index (χ1n) is 4.38. The maximum atomic E-state index is 11.1. The number of hydrogen-bond acceptors (Lipinski definition) is 3. The zero-order valence-electron chi connectivity index (χ0n) is 8.13. The molecule has 1 aromatic carbocycles. The van der Waals surface area contributed by atoms with Crippen LogP contribution in [0.1, 0.15) is 11.1 Å². The summed E-state index contributed by atoms with van der Waals surface area (Å²) >= 11 is 0. The molecule has 72 valence electrons. The molecule has 0 aliphatic heterocycles. The SMILES string of the molecule is Cc1cc2oc(=O)cc(C)c2cc1N. The van der Waals surface area contributed by atoms with Gasteiger partial charge in [-0.05, 0) is 37.1 Å². The molecule has 0 aliphatic rings. The second-order valence-electron chi connectivity index (χ2n) is 3.45. The van der Waals surface area contributed by atoms with Gasteiger partial charge in [0, 0.05) is 17.1 Å². The lowest BCUT2D eigenvalue weighted by atomic mass is 10.1. The van der Waals surface area contributed by atoms with Crippen molar-refractivity contribution >= 4 is 16.7 Å². The van der Waals surface area contributed by atoms with E-state index in [9.17, 15) is 4.79 Å². The van der Waals surface area contributed by atoms with E-state index in [1.807, 2.05) is 19.9 Å². The van der Waals surface area contributed by atoms with Gasteiger partial charge in [-0.25, -0.2) is 4.79 Å². The van der Waals surface area contributed by atoms with Gasteiger partial charge in [-0.15, -0.1) is 0 Å². The van der Waals surface area contributed by atoms with Gasteiger partial charge in [0.1, 0.15) is 5.58 Å². The summed E-state index contributed by atoms with van der Waals surface area (Å²) in [5.74, 6) is 0. The monoisotopic (exact) mass is 189 g/mol. The standard InChI is InChI=1S/C11H11NO2/c1-6-4-11(13)14-10-3-7(2)9(12)5-8(6)10/h3-5H,12H2,1-2H3. The molecular weight excluding hydrogens is 178 g/mol. The van der Waals surface area contributed by atoms with Gasteiger partial charge >= 0.3 is 5.63 Å². The third-order valence-corrected chi connectivity index (χ3v) is 2.34. The Balaban J connectivity index is 2.96. The van der Waals surface area contributed by atoms with Crippen molar-refractivity contribution in [3.05, 3.63) is 39.7 Å². The highest BCUT2D eigenvalue weighted by molar-refractivity contribution is 5.84. The molecule has 1 heterocycles. The Morgan fingerprint density at radius 2 is 1.86 bits per heavy atom. The van der Waals surface area contributed by atoms with Crippen molar-refractivity contribution in [3.8, 4) is 0 Å². The number of nitrogen functional groups attached to an aromatic ring is 1. The number of anilines is 1. The van der Waals surface area contributed by atoms with Crippen LogP contribution < -0.4 is 11.4 Å². The highest BCUT2D eigenvalue weighted by Gasteiger charge is 2.04. The van der Waals surface area contributed by atoms with E-state index < -0.39 is 0 Å². The predicted molar refractivity (Wildman–Crippen MR) is 56.4 cm³/mol. The number of benzene rings is 1. The van der Waals surface area contributed by atoms with Gasteiger partial charge in [0.05, 0.1) is 0 Å². The molecule has 3 nitrogen and oxygen atoms in total. The minimum absolute atomic E-state index is 0.320. The van der Waals surface area contributed by atoms with E-state index in [1.165, 1.54) is 6.07 Å². The molecule has 2 aromatic rings. The van der Waals surface area contributed by atoms with Gasteiger partial charge in [0.15, 0.2) is 0 Å². The quantitative estimate of drug-likeness (QED) is 0.509. The minimum atomic E-state index is -0.320. The van der Waals surface area contributed by atoms with Crippen LogP contribution in [0.15, 0.2) is 27.4 Å². The first-order chi connectivity index (χ1) is 6.58. The molecular formula is C11H11NO2. The Labute approximate surface area is 81.1 Å². The number of hydrogen-bond donors (Lipinski definition) is 1. The zero-order valence-corrected chi connectivity index (χ0v) is 8.13. The van der Waals surface area contributed by atoms with Crippen LogP contribution in [0.5, 0.6) is 0 Å². The Morgan fingerprint density at radius 1 is 1.14 bits per heavy atom. The molecule has 0 spiro atoms. The molecule has 0 unspecified atom stereocenters. The lowest BCUT2D eigenvalue weighted by Crippen LogP contribution is -1.99. The fourth-order valence-corrected chi connectivity index (χ4v) is 1.48. The smallest absolute Gasteiger partial charge is 0.336 e. The molecule has 2 N–H and O–H groups in total. The first kappa shape index (κ1) is 8.81. The van der Waals surface area contributed by atoms with Crippen molar-refractivity contribution in [2.75, 3.05) is 5.73 Å². The maximum Gasteiger partial charge on any atom is 0.336 e. The fraction of sp³-hybridized carbons (Fsp3) is 0.182. The Bertz CT molecular complexity index is 555. The van der Waals surface area contributed by atoms with Gasteiger partial charge in [0.25, 0.3) is 0 Å². The van der Waals surface area contributed by atoms with Gasteiger partial charge in [-0.3, -0.25) is 0 Å². The molecule has 0 saturated heterocycles. The summed E-state index contributed by atoms with van der Waals surface area (Å²) in [6, 6.07) is 5.10. The summed E-state index contributed by atoms with van der Waals surface area (Å²) < 4.78 is 5.07. The van der Waals surface area contributed by atoms with Gasteiger partial charge in [-0.2, -0.15) is 0 Å². The van der Waals surface area contributed by atoms with Crippen LogP contribution in [0, 0.1) is 13.8 Å². The number of aryl methyl sites for hydroxylation is 2. The molecule has 0 bridgehead atoms. The summed E-state index contributed by atoms with van der Waals surface area (Å²) in [6.07, 6.45) is 0. The highest BCUT2D eigenvalue weighted by Crippen LogP contribution is 2.22. The topological polar surface area (TPSA) is 56.2 Å². The zero-order chi connectivity index (χ0) is 10.3. The third-order valence-electron chi connectivity index (χ3n) is 2.34. The molecule has 0 atom stereocenters. The van der Waals surface area contributed by atoms with Crippen molar-refractivity contribution in [2.45, 2.75) is 13.8 Å². The van der Waals surface area contributed by atoms with Crippen molar-refractivity contribution in [2.24, 2.45) is 0 Å². The summed E-state index contributed by atoms with van der Waals surface area (Å²) in [5.41, 5.74) is 8.58. The summed E-state index contributed by atoms with van der Waals surface area (Å²) in [6.45, 7) is 3.76. The lowest BCUT2D eigenvalue weighted by Gasteiger charge is -2.04. The van der Waals surface area contributed by atoms with Crippen molar-refractivity contribution in [1.29, 1.82) is 0 Å². The van der Waals surface area contributed by atoms with E-state index in [4.69, 9.17) is 10.2 Å². The second-order valence-corrected chi connectivity index (χ2v) is 3.45. The van der Waals surface area contributed by atoms with E-state index in [2.05, 4.69) is 0 Å². The third kappa shape index (κ3) is 1.27. The number of fused-ring (bicyclic) bond motifs is 1. The van der Waals surface area contributed by atoms with Gasteiger partial charge in [0.2, 0.25) is 0 Å². The van der Waals surface area contributed by atoms with Crippen molar-refractivity contribution in [3.63, 3.8) is 0 Å². The van der Waals surface area contributed by atoms with Crippen LogP contribution in [0.4, 0.5) is 5.69 Å². The van der Waals surface area contributed by atoms with E-state index >= 15 is 0 Å². The molecule has 1 aromatic heterocycles. The largest absolute Gasteiger partial charge is 0.423 e. The summed E-state index contributed by atoms with van der Waals surface area (Å²) in [4.78, 5) is 11.1. The number of rotatable bonds is 0.